The third-order valence-corrected chi connectivity index (χ3v) is 4.39. The van der Waals surface area contributed by atoms with Crippen LogP contribution in [0.1, 0.15) is 23.3 Å². The van der Waals surface area contributed by atoms with Crippen molar-refractivity contribution in [1.82, 2.24) is 4.98 Å². The molecule has 0 saturated carbocycles. The van der Waals surface area contributed by atoms with E-state index in [2.05, 4.69) is 15.6 Å². The summed E-state index contributed by atoms with van der Waals surface area (Å²) in [5.74, 6) is -0.365. The molecule has 1 aliphatic heterocycles. The second kappa shape index (κ2) is 7.83. The molecule has 24 heavy (non-hydrogen) atoms. The van der Waals surface area contributed by atoms with Crippen LogP contribution in [0.4, 0.5) is 11.4 Å². The SMILES string of the molecule is O=C(Nc1c(Cl)cccc1Cl)c1ccc(NCC2CCCO2)cn1. The summed E-state index contributed by atoms with van der Waals surface area (Å²) in [6.45, 7) is 1.57. The molecule has 2 N–H and O–H groups in total. The number of anilines is 2. The molecule has 0 bridgehead atoms. The number of hydrogen-bond acceptors (Lipinski definition) is 4. The number of halogens is 2. The molecule has 1 amide bonds. The Hall–Kier alpha value is -1.82. The highest BCUT2D eigenvalue weighted by atomic mass is 35.5. The Morgan fingerprint density at radius 1 is 1.25 bits per heavy atom. The monoisotopic (exact) mass is 365 g/mol. The predicted octanol–water partition coefficient (Wildman–Crippen LogP) is 4.23. The van der Waals surface area contributed by atoms with Crippen LogP contribution in [-0.2, 0) is 4.74 Å². The second-order valence-corrected chi connectivity index (χ2v) is 6.31. The molecule has 0 spiro atoms. The number of carbonyl (C=O) groups excluding carboxylic acids is 1. The highest BCUT2D eigenvalue weighted by Gasteiger charge is 2.15. The van der Waals surface area contributed by atoms with E-state index in [1.54, 1.807) is 30.5 Å². The molecular weight excluding hydrogens is 349 g/mol. The molecule has 126 valence electrons. The number of aromatic nitrogens is 1. The van der Waals surface area contributed by atoms with Gasteiger partial charge >= 0.3 is 0 Å². The van der Waals surface area contributed by atoms with Gasteiger partial charge in [-0.2, -0.15) is 0 Å². The summed E-state index contributed by atoms with van der Waals surface area (Å²) < 4.78 is 5.55. The molecule has 1 aromatic carbocycles. The van der Waals surface area contributed by atoms with Crippen LogP contribution < -0.4 is 10.6 Å². The Bertz CT molecular complexity index is 696. The second-order valence-electron chi connectivity index (χ2n) is 5.50. The van der Waals surface area contributed by atoms with Crippen molar-refractivity contribution in [3.8, 4) is 0 Å². The minimum Gasteiger partial charge on any atom is -0.381 e. The van der Waals surface area contributed by atoms with Gasteiger partial charge in [-0.3, -0.25) is 4.79 Å². The number of benzene rings is 1. The van der Waals surface area contributed by atoms with Crippen LogP contribution in [-0.4, -0.2) is 30.1 Å². The van der Waals surface area contributed by atoms with Gasteiger partial charge in [-0.1, -0.05) is 29.3 Å². The van der Waals surface area contributed by atoms with E-state index in [4.69, 9.17) is 27.9 Å². The molecule has 7 heteroatoms. The van der Waals surface area contributed by atoms with Crippen LogP contribution in [0.5, 0.6) is 0 Å². The van der Waals surface area contributed by atoms with Crippen molar-refractivity contribution in [2.24, 2.45) is 0 Å². The maximum Gasteiger partial charge on any atom is 0.274 e. The maximum absolute atomic E-state index is 12.3. The van der Waals surface area contributed by atoms with Gasteiger partial charge in [0.2, 0.25) is 0 Å². The standard InChI is InChI=1S/C17H17Cl2N3O2/c18-13-4-1-5-14(19)16(13)22-17(23)15-7-6-11(9-21-15)20-10-12-3-2-8-24-12/h1,4-7,9,12,20H,2-3,8,10H2,(H,22,23). The summed E-state index contributed by atoms with van der Waals surface area (Å²) in [6, 6.07) is 8.50. The lowest BCUT2D eigenvalue weighted by Gasteiger charge is -2.12. The molecular formula is C17H17Cl2N3O2. The van der Waals surface area contributed by atoms with Crippen molar-refractivity contribution in [3.63, 3.8) is 0 Å². The van der Waals surface area contributed by atoms with Gasteiger partial charge in [-0.15, -0.1) is 0 Å². The lowest BCUT2D eigenvalue weighted by atomic mass is 10.2. The summed E-state index contributed by atoms with van der Waals surface area (Å²) >= 11 is 12.1. The number of para-hydroxylation sites is 1. The van der Waals surface area contributed by atoms with Crippen LogP contribution in [0, 0.1) is 0 Å². The number of rotatable bonds is 5. The van der Waals surface area contributed by atoms with E-state index in [0.29, 0.717) is 15.7 Å². The van der Waals surface area contributed by atoms with Gasteiger partial charge in [0, 0.05) is 13.2 Å². The minimum atomic E-state index is -0.365. The Morgan fingerprint density at radius 2 is 2.04 bits per heavy atom. The van der Waals surface area contributed by atoms with Crippen molar-refractivity contribution < 1.29 is 9.53 Å². The molecule has 2 aromatic rings. The van der Waals surface area contributed by atoms with Crippen LogP contribution >= 0.6 is 23.2 Å². The Balaban J connectivity index is 1.61. The van der Waals surface area contributed by atoms with Gasteiger partial charge < -0.3 is 15.4 Å². The zero-order valence-corrected chi connectivity index (χ0v) is 14.4. The van der Waals surface area contributed by atoms with Gasteiger partial charge in [-0.25, -0.2) is 4.98 Å². The third-order valence-electron chi connectivity index (χ3n) is 3.76. The fraction of sp³-hybridized carbons (Fsp3) is 0.294. The average Bonchev–Trinajstić information content (AvgIpc) is 3.10. The fourth-order valence-corrected chi connectivity index (χ4v) is 2.96. The maximum atomic E-state index is 12.3. The summed E-state index contributed by atoms with van der Waals surface area (Å²) in [4.78, 5) is 16.4. The molecule has 0 aliphatic carbocycles. The molecule has 1 atom stereocenters. The molecule has 1 aromatic heterocycles. The van der Waals surface area contributed by atoms with Crippen LogP contribution in [0.15, 0.2) is 36.5 Å². The number of carbonyl (C=O) groups is 1. The number of ether oxygens (including phenoxy) is 1. The lowest BCUT2D eigenvalue weighted by Crippen LogP contribution is -2.19. The summed E-state index contributed by atoms with van der Waals surface area (Å²) in [7, 11) is 0. The topological polar surface area (TPSA) is 63.2 Å². The van der Waals surface area contributed by atoms with Crippen molar-refractivity contribution in [2.75, 3.05) is 23.8 Å². The van der Waals surface area contributed by atoms with Crippen molar-refractivity contribution in [3.05, 3.63) is 52.3 Å². The molecule has 3 rings (SSSR count). The first kappa shape index (κ1) is 17.0. The van der Waals surface area contributed by atoms with E-state index < -0.39 is 0 Å². The molecule has 1 aliphatic rings. The zero-order valence-electron chi connectivity index (χ0n) is 12.9. The van der Waals surface area contributed by atoms with E-state index in [1.807, 2.05) is 6.07 Å². The van der Waals surface area contributed by atoms with Gasteiger partial charge in [-0.05, 0) is 37.1 Å². The Labute approximate surface area is 150 Å². The number of hydrogen-bond donors (Lipinski definition) is 2. The van der Waals surface area contributed by atoms with Gasteiger partial charge in [0.1, 0.15) is 5.69 Å². The van der Waals surface area contributed by atoms with Crippen LogP contribution in [0.2, 0.25) is 10.0 Å². The largest absolute Gasteiger partial charge is 0.381 e. The summed E-state index contributed by atoms with van der Waals surface area (Å²) in [6.07, 6.45) is 4.04. The number of amides is 1. The van der Waals surface area contributed by atoms with Gasteiger partial charge in [0.15, 0.2) is 0 Å². The number of nitrogens with zero attached hydrogens (tertiary/aromatic N) is 1. The summed E-state index contributed by atoms with van der Waals surface area (Å²) in [5.41, 5.74) is 1.51. The smallest absolute Gasteiger partial charge is 0.274 e. The van der Waals surface area contributed by atoms with Gasteiger partial charge in [0.05, 0.1) is 33.7 Å². The van der Waals surface area contributed by atoms with Gasteiger partial charge in [0.25, 0.3) is 5.91 Å². The molecule has 1 fully saturated rings. The first-order valence-electron chi connectivity index (χ1n) is 7.70. The average molecular weight is 366 g/mol. The fourth-order valence-electron chi connectivity index (χ4n) is 2.46. The normalized spacial score (nSPS) is 16.8. The zero-order chi connectivity index (χ0) is 16.9. The van der Waals surface area contributed by atoms with E-state index in [0.717, 1.165) is 31.7 Å². The van der Waals surface area contributed by atoms with Crippen LogP contribution in [0.25, 0.3) is 0 Å². The van der Waals surface area contributed by atoms with E-state index in [-0.39, 0.29) is 17.7 Å². The third kappa shape index (κ3) is 4.17. The minimum absolute atomic E-state index is 0.246. The van der Waals surface area contributed by atoms with Crippen molar-refractivity contribution in [2.45, 2.75) is 18.9 Å². The predicted molar refractivity (Wildman–Crippen MR) is 96.1 cm³/mol. The molecule has 2 heterocycles. The highest BCUT2D eigenvalue weighted by Crippen LogP contribution is 2.30. The number of nitrogens with one attached hydrogen (secondary N) is 2. The first-order chi connectivity index (χ1) is 11.6. The molecule has 1 unspecified atom stereocenters. The van der Waals surface area contributed by atoms with Crippen molar-refractivity contribution in [1.29, 1.82) is 0 Å². The van der Waals surface area contributed by atoms with E-state index in [1.165, 1.54) is 0 Å². The van der Waals surface area contributed by atoms with Crippen molar-refractivity contribution >= 4 is 40.5 Å². The quantitative estimate of drug-likeness (QED) is 0.831. The summed E-state index contributed by atoms with van der Waals surface area (Å²) in [5, 5.41) is 6.71. The number of pyridine rings is 1. The first-order valence-corrected chi connectivity index (χ1v) is 8.46. The Kier molecular flexibility index (Phi) is 5.56. The Morgan fingerprint density at radius 3 is 2.67 bits per heavy atom. The highest BCUT2D eigenvalue weighted by molar-refractivity contribution is 6.39. The van der Waals surface area contributed by atoms with E-state index >= 15 is 0 Å². The lowest BCUT2D eigenvalue weighted by molar-refractivity contribution is 0.102. The van der Waals surface area contributed by atoms with E-state index in [9.17, 15) is 4.79 Å². The molecule has 5 nitrogen and oxygen atoms in total. The molecule has 0 radical (unpaired) electrons. The molecule has 1 saturated heterocycles. The van der Waals surface area contributed by atoms with Crippen LogP contribution in [0.3, 0.4) is 0 Å².